The molecule has 0 aliphatic carbocycles. The molecule has 1 aromatic carbocycles. The normalized spacial score (nSPS) is 19.9. The number of pyridine rings is 1. The number of nitrogens with one attached hydrogen (secondary N) is 1. The largest absolute Gasteiger partial charge is 0.338 e. The number of hydrogen-bond acceptors (Lipinski definition) is 3. The summed E-state index contributed by atoms with van der Waals surface area (Å²) in [5.41, 5.74) is 2.73. The number of aryl methyl sites for hydroxylation is 1. The Labute approximate surface area is 154 Å². The number of benzene rings is 1. The van der Waals surface area contributed by atoms with Gasteiger partial charge < -0.3 is 10.2 Å². The minimum Gasteiger partial charge on any atom is -0.338 e. The zero-order valence-electron chi connectivity index (χ0n) is 15.5. The Kier molecular flexibility index (Phi) is 5.35. The van der Waals surface area contributed by atoms with E-state index in [0.29, 0.717) is 28.7 Å². The molecule has 0 radical (unpaired) electrons. The lowest BCUT2D eigenvalue weighted by Crippen LogP contribution is -2.42. The monoisotopic (exact) mass is 351 g/mol. The average Bonchev–Trinajstić information content (AvgIpc) is 2.63. The number of carbonyl (C=O) groups excluding carboxylic acids is 2. The van der Waals surface area contributed by atoms with Gasteiger partial charge in [0.25, 0.3) is 11.8 Å². The van der Waals surface area contributed by atoms with Gasteiger partial charge in [0.2, 0.25) is 0 Å². The number of likely N-dealkylation sites (tertiary alicyclic amines) is 1. The van der Waals surface area contributed by atoms with Crippen molar-refractivity contribution in [2.75, 3.05) is 18.4 Å². The molecule has 26 heavy (non-hydrogen) atoms. The fourth-order valence-corrected chi connectivity index (χ4v) is 3.60. The van der Waals surface area contributed by atoms with E-state index in [-0.39, 0.29) is 11.8 Å². The SMILES string of the molecule is Cc1ccc(C(=O)N2CC(C)CC(C)C2)cc1NC(=O)c1ccncc1. The van der Waals surface area contributed by atoms with Crippen LogP contribution < -0.4 is 5.32 Å². The fourth-order valence-electron chi connectivity index (χ4n) is 3.60. The molecule has 1 fully saturated rings. The third-order valence-electron chi connectivity index (χ3n) is 4.83. The molecule has 3 rings (SSSR count). The molecule has 2 heterocycles. The van der Waals surface area contributed by atoms with Crippen LogP contribution in [-0.2, 0) is 0 Å². The van der Waals surface area contributed by atoms with Crippen LogP contribution in [0.3, 0.4) is 0 Å². The molecule has 1 aliphatic rings. The van der Waals surface area contributed by atoms with E-state index in [0.717, 1.165) is 25.1 Å². The van der Waals surface area contributed by atoms with Crippen molar-refractivity contribution in [3.8, 4) is 0 Å². The molecule has 136 valence electrons. The number of carbonyl (C=O) groups is 2. The lowest BCUT2D eigenvalue weighted by molar-refractivity contribution is 0.0623. The molecular weight excluding hydrogens is 326 g/mol. The predicted molar refractivity (Wildman–Crippen MR) is 102 cm³/mol. The molecule has 5 nitrogen and oxygen atoms in total. The van der Waals surface area contributed by atoms with E-state index in [4.69, 9.17) is 0 Å². The zero-order chi connectivity index (χ0) is 18.7. The molecular formula is C21H25N3O2. The number of anilines is 1. The van der Waals surface area contributed by atoms with Crippen LogP contribution in [0.25, 0.3) is 0 Å². The summed E-state index contributed by atoms with van der Waals surface area (Å²) in [5, 5.41) is 2.90. The summed E-state index contributed by atoms with van der Waals surface area (Å²) in [5.74, 6) is 0.848. The number of rotatable bonds is 3. The Morgan fingerprint density at radius 2 is 1.69 bits per heavy atom. The molecule has 2 atom stereocenters. The number of amides is 2. The van der Waals surface area contributed by atoms with Gasteiger partial charge in [-0.3, -0.25) is 14.6 Å². The van der Waals surface area contributed by atoms with Gasteiger partial charge in [0.05, 0.1) is 0 Å². The molecule has 0 bridgehead atoms. The van der Waals surface area contributed by atoms with Crippen molar-refractivity contribution in [3.63, 3.8) is 0 Å². The minimum absolute atomic E-state index is 0.0304. The predicted octanol–water partition coefficient (Wildman–Crippen LogP) is 3.76. The molecule has 2 aromatic rings. The van der Waals surface area contributed by atoms with Crippen molar-refractivity contribution in [1.29, 1.82) is 0 Å². The van der Waals surface area contributed by atoms with Gasteiger partial charge in [-0.15, -0.1) is 0 Å². The van der Waals surface area contributed by atoms with Gasteiger partial charge in [-0.05, 0) is 55.0 Å². The van der Waals surface area contributed by atoms with E-state index in [1.165, 1.54) is 0 Å². The molecule has 2 unspecified atom stereocenters. The quantitative estimate of drug-likeness (QED) is 0.916. The number of nitrogens with zero attached hydrogens (tertiary/aromatic N) is 2. The highest BCUT2D eigenvalue weighted by molar-refractivity contribution is 6.05. The van der Waals surface area contributed by atoms with Crippen molar-refractivity contribution < 1.29 is 9.59 Å². The summed E-state index contributed by atoms with van der Waals surface area (Å²) >= 11 is 0. The van der Waals surface area contributed by atoms with Crippen LogP contribution in [0.1, 0.15) is 46.5 Å². The summed E-state index contributed by atoms with van der Waals surface area (Å²) in [6.07, 6.45) is 4.33. The van der Waals surface area contributed by atoms with Crippen molar-refractivity contribution in [2.45, 2.75) is 27.2 Å². The Balaban J connectivity index is 1.79. The van der Waals surface area contributed by atoms with Gasteiger partial charge in [-0.25, -0.2) is 0 Å². The van der Waals surface area contributed by atoms with E-state index in [1.54, 1.807) is 30.6 Å². The van der Waals surface area contributed by atoms with Crippen molar-refractivity contribution in [1.82, 2.24) is 9.88 Å². The van der Waals surface area contributed by atoms with Crippen LogP contribution in [0, 0.1) is 18.8 Å². The van der Waals surface area contributed by atoms with E-state index in [2.05, 4.69) is 24.1 Å². The maximum atomic E-state index is 12.9. The van der Waals surface area contributed by atoms with E-state index < -0.39 is 0 Å². The third kappa shape index (κ3) is 4.10. The summed E-state index contributed by atoms with van der Waals surface area (Å²) in [7, 11) is 0. The number of hydrogen-bond donors (Lipinski definition) is 1. The summed E-state index contributed by atoms with van der Waals surface area (Å²) in [4.78, 5) is 31.2. The van der Waals surface area contributed by atoms with Crippen LogP contribution in [0.2, 0.25) is 0 Å². The summed E-state index contributed by atoms with van der Waals surface area (Å²) < 4.78 is 0. The first-order valence-corrected chi connectivity index (χ1v) is 9.05. The van der Waals surface area contributed by atoms with Gasteiger partial charge in [-0.1, -0.05) is 19.9 Å². The van der Waals surface area contributed by atoms with Crippen LogP contribution in [0.15, 0.2) is 42.7 Å². The van der Waals surface area contributed by atoms with Crippen LogP contribution >= 0.6 is 0 Å². The van der Waals surface area contributed by atoms with Crippen LogP contribution in [-0.4, -0.2) is 34.8 Å². The Morgan fingerprint density at radius 1 is 1.04 bits per heavy atom. The molecule has 1 N–H and O–H groups in total. The van der Waals surface area contributed by atoms with Gasteiger partial charge in [0.15, 0.2) is 0 Å². The first-order chi connectivity index (χ1) is 12.4. The first kappa shape index (κ1) is 18.1. The lowest BCUT2D eigenvalue weighted by Gasteiger charge is -2.35. The Bertz CT molecular complexity index is 794. The first-order valence-electron chi connectivity index (χ1n) is 9.05. The highest BCUT2D eigenvalue weighted by Crippen LogP contribution is 2.24. The van der Waals surface area contributed by atoms with Gasteiger partial charge in [0.1, 0.15) is 0 Å². The highest BCUT2D eigenvalue weighted by Gasteiger charge is 2.26. The summed E-state index contributed by atoms with van der Waals surface area (Å²) in [6, 6.07) is 8.82. The highest BCUT2D eigenvalue weighted by atomic mass is 16.2. The lowest BCUT2D eigenvalue weighted by atomic mass is 9.91. The third-order valence-corrected chi connectivity index (χ3v) is 4.83. The molecule has 1 aliphatic heterocycles. The molecule has 0 saturated carbocycles. The maximum Gasteiger partial charge on any atom is 0.255 e. The number of aromatic nitrogens is 1. The van der Waals surface area contributed by atoms with Gasteiger partial charge in [-0.2, -0.15) is 0 Å². The molecule has 5 heteroatoms. The van der Waals surface area contributed by atoms with Gasteiger partial charge in [0, 0.05) is 42.3 Å². The molecule has 0 spiro atoms. The van der Waals surface area contributed by atoms with Crippen molar-refractivity contribution >= 4 is 17.5 Å². The average molecular weight is 351 g/mol. The second kappa shape index (κ2) is 7.68. The topological polar surface area (TPSA) is 62.3 Å². The van der Waals surface area contributed by atoms with E-state index in [9.17, 15) is 9.59 Å². The van der Waals surface area contributed by atoms with Crippen molar-refractivity contribution in [2.24, 2.45) is 11.8 Å². The van der Waals surface area contributed by atoms with Crippen LogP contribution in [0.5, 0.6) is 0 Å². The minimum atomic E-state index is -0.208. The molecule has 1 saturated heterocycles. The molecule has 2 amide bonds. The smallest absolute Gasteiger partial charge is 0.255 e. The maximum absolute atomic E-state index is 12.9. The second-order valence-electron chi connectivity index (χ2n) is 7.38. The molecule has 1 aromatic heterocycles. The van der Waals surface area contributed by atoms with Crippen LogP contribution in [0.4, 0.5) is 5.69 Å². The Hall–Kier alpha value is -2.69. The zero-order valence-corrected chi connectivity index (χ0v) is 15.5. The standard InChI is InChI=1S/C21H25N3O2/c1-14-10-15(2)13-24(12-14)21(26)18-5-4-16(3)19(11-18)23-20(25)17-6-8-22-9-7-17/h4-9,11,14-15H,10,12-13H2,1-3H3,(H,23,25). The summed E-state index contributed by atoms with van der Waals surface area (Å²) in [6.45, 7) is 7.86. The van der Waals surface area contributed by atoms with Gasteiger partial charge >= 0.3 is 0 Å². The number of piperidine rings is 1. The van der Waals surface area contributed by atoms with E-state index in [1.807, 2.05) is 24.0 Å². The fraction of sp³-hybridized carbons (Fsp3) is 0.381. The van der Waals surface area contributed by atoms with E-state index >= 15 is 0 Å². The van der Waals surface area contributed by atoms with Crippen molar-refractivity contribution in [3.05, 3.63) is 59.4 Å². The second-order valence-corrected chi connectivity index (χ2v) is 7.38. The Morgan fingerprint density at radius 3 is 2.35 bits per heavy atom.